The lowest BCUT2D eigenvalue weighted by atomic mass is 9.97. The van der Waals surface area contributed by atoms with Gasteiger partial charge in [0.1, 0.15) is 17.2 Å². The summed E-state index contributed by atoms with van der Waals surface area (Å²) in [5, 5.41) is 4.06. The van der Waals surface area contributed by atoms with Gasteiger partial charge in [0.05, 0.1) is 24.4 Å². The molecule has 1 aliphatic heterocycles. The Bertz CT molecular complexity index is 1100. The first kappa shape index (κ1) is 20.1. The minimum Gasteiger partial charge on any atom is -0.462 e. The monoisotopic (exact) mass is 422 g/mol. The molecule has 3 heterocycles. The summed E-state index contributed by atoms with van der Waals surface area (Å²) in [6.45, 7) is 2.31. The lowest BCUT2D eigenvalue weighted by Gasteiger charge is -2.28. The van der Waals surface area contributed by atoms with Gasteiger partial charge in [0.15, 0.2) is 5.65 Å². The third-order valence-corrected chi connectivity index (χ3v) is 5.07. The summed E-state index contributed by atoms with van der Waals surface area (Å²) in [6.07, 6.45) is -0.651. The zero-order valence-electron chi connectivity index (χ0n) is 16.0. The maximum Gasteiger partial charge on any atom is 0.416 e. The average molecular weight is 422 g/mol. The second kappa shape index (κ2) is 7.58. The largest absolute Gasteiger partial charge is 0.462 e. The minimum atomic E-state index is -4.60. The molecule has 0 bridgehead atoms. The lowest BCUT2D eigenvalue weighted by Crippen LogP contribution is -2.26. The number of carbonyl (C=O) groups is 1. The zero-order chi connectivity index (χ0) is 21.5. The van der Waals surface area contributed by atoms with E-state index in [1.165, 1.54) is 10.7 Å². The number of esters is 1. The number of ether oxygens (including phenoxy) is 1. The number of fused-ring (bicyclic) bond motifs is 1. The molecule has 30 heavy (non-hydrogen) atoms. The summed E-state index contributed by atoms with van der Waals surface area (Å²) < 4.78 is 60.8. The van der Waals surface area contributed by atoms with Gasteiger partial charge in [-0.1, -0.05) is 0 Å². The molecule has 158 valence electrons. The van der Waals surface area contributed by atoms with Crippen LogP contribution in [0.5, 0.6) is 0 Å². The molecule has 1 atom stereocenters. The van der Waals surface area contributed by atoms with Crippen LogP contribution in [0.1, 0.15) is 47.3 Å². The normalized spacial score (nSPS) is 17.0. The molecule has 1 unspecified atom stereocenters. The van der Waals surface area contributed by atoms with Crippen molar-refractivity contribution in [3.63, 3.8) is 0 Å². The van der Waals surface area contributed by atoms with E-state index in [0.29, 0.717) is 25.2 Å². The van der Waals surface area contributed by atoms with Crippen LogP contribution in [0.2, 0.25) is 0 Å². The van der Waals surface area contributed by atoms with Gasteiger partial charge in [0.2, 0.25) is 0 Å². The summed E-state index contributed by atoms with van der Waals surface area (Å²) in [4.78, 5) is 18.3. The number of carbonyl (C=O) groups excluding carboxylic acids is 1. The van der Waals surface area contributed by atoms with Gasteiger partial charge in [-0.25, -0.2) is 18.7 Å². The van der Waals surface area contributed by atoms with Crippen molar-refractivity contribution in [2.75, 3.05) is 18.1 Å². The van der Waals surface area contributed by atoms with Crippen molar-refractivity contribution in [3.8, 4) is 0 Å². The van der Waals surface area contributed by atoms with Gasteiger partial charge in [0, 0.05) is 12.7 Å². The summed E-state index contributed by atoms with van der Waals surface area (Å²) in [6, 6.07) is 3.44. The number of alkyl halides is 3. The van der Waals surface area contributed by atoms with Gasteiger partial charge < -0.3 is 9.64 Å². The lowest BCUT2D eigenvalue weighted by molar-refractivity contribution is -0.138. The number of anilines is 1. The smallest absolute Gasteiger partial charge is 0.416 e. The van der Waals surface area contributed by atoms with Crippen molar-refractivity contribution in [1.82, 2.24) is 14.6 Å². The van der Waals surface area contributed by atoms with E-state index in [2.05, 4.69) is 10.1 Å². The number of nitrogens with zero attached hydrogens (tertiary/aromatic N) is 4. The Morgan fingerprint density at radius 2 is 2.10 bits per heavy atom. The second-order valence-corrected chi connectivity index (χ2v) is 6.91. The first-order chi connectivity index (χ1) is 14.3. The number of hydrogen-bond acceptors (Lipinski definition) is 5. The minimum absolute atomic E-state index is 0.124. The molecular formula is C20H18F4N4O2. The summed E-state index contributed by atoms with van der Waals surface area (Å²) in [5.74, 6) is -0.929. The van der Waals surface area contributed by atoms with Crippen molar-refractivity contribution < 1.29 is 27.1 Å². The fourth-order valence-corrected chi connectivity index (χ4v) is 3.80. The summed E-state index contributed by atoms with van der Waals surface area (Å²) >= 11 is 0. The number of aromatic nitrogens is 3. The molecule has 6 nitrogen and oxygen atoms in total. The van der Waals surface area contributed by atoms with Gasteiger partial charge in [-0.2, -0.15) is 18.3 Å². The molecule has 4 rings (SSSR count). The van der Waals surface area contributed by atoms with Crippen LogP contribution in [-0.4, -0.2) is 33.7 Å². The Morgan fingerprint density at radius 1 is 1.30 bits per heavy atom. The standard InChI is InChI=1S/C20H18F4N4O2/c1-2-30-19(29)14-11-25-28-9-7-17(26-18(14)28)27-8-3-4-16(27)13-10-12(21)5-6-15(13)20(22,23)24/h5-7,9-11,16H,2-4,8H2,1H3. The molecule has 0 N–H and O–H groups in total. The Balaban J connectivity index is 1.76. The van der Waals surface area contributed by atoms with Gasteiger partial charge >= 0.3 is 12.1 Å². The highest BCUT2D eigenvalue weighted by Crippen LogP contribution is 2.42. The summed E-state index contributed by atoms with van der Waals surface area (Å²) in [5.41, 5.74) is -0.581. The molecular weight excluding hydrogens is 404 g/mol. The predicted octanol–water partition coefficient (Wildman–Crippen LogP) is 4.41. The SMILES string of the molecule is CCOC(=O)c1cnn2ccc(N3CCCC3c3cc(F)ccc3C(F)(F)F)nc12. The maximum atomic E-state index is 13.8. The number of halogens is 4. The Labute approximate surface area is 169 Å². The van der Waals surface area contributed by atoms with Crippen LogP contribution in [0, 0.1) is 5.82 Å². The Hall–Kier alpha value is -3.17. The van der Waals surface area contributed by atoms with Crippen LogP contribution < -0.4 is 4.90 Å². The van der Waals surface area contributed by atoms with Gasteiger partial charge in [-0.05, 0) is 49.6 Å². The zero-order valence-corrected chi connectivity index (χ0v) is 16.0. The van der Waals surface area contributed by atoms with Crippen molar-refractivity contribution in [1.29, 1.82) is 0 Å². The molecule has 0 saturated carbocycles. The third kappa shape index (κ3) is 3.57. The van der Waals surface area contributed by atoms with Gasteiger partial charge in [-0.3, -0.25) is 0 Å². The van der Waals surface area contributed by atoms with Crippen molar-refractivity contribution >= 4 is 17.4 Å². The highest BCUT2D eigenvalue weighted by molar-refractivity contribution is 5.95. The second-order valence-electron chi connectivity index (χ2n) is 6.91. The number of rotatable bonds is 4. The quantitative estimate of drug-likeness (QED) is 0.461. The van der Waals surface area contributed by atoms with Crippen LogP contribution in [0.3, 0.4) is 0 Å². The van der Waals surface area contributed by atoms with E-state index in [1.807, 2.05) is 0 Å². The molecule has 0 amide bonds. The molecule has 2 aromatic heterocycles. The molecule has 10 heteroatoms. The van der Waals surface area contributed by atoms with Crippen LogP contribution in [-0.2, 0) is 10.9 Å². The molecule has 1 aromatic carbocycles. The fourth-order valence-electron chi connectivity index (χ4n) is 3.80. The van der Waals surface area contributed by atoms with Crippen molar-refractivity contribution in [2.24, 2.45) is 0 Å². The molecule has 1 fully saturated rings. The van der Waals surface area contributed by atoms with E-state index in [-0.39, 0.29) is 23.4 Å². The van der Waals surface area contributed by atoms with Crippen molar-refractivity contribution in [2.45, 2.75) is 32.0 Å². The van der Waals surface area contributed by atoms with E-state index in [0.717, 1.165) is 18.2 Å². The number of benzene rings is 1. The van der Waals surface area contributed by atoms with E-state index in [9.17, 15) is 22.4 Å². The average Bonchev–Trinajstić information content (AvgIpc) is 3.33. The van der Waals surface area contributed by atoms with Crippen LogP contribution in [0.4, 0.5) is 23.4 Å². The third-order valence-electron chi connectivity index (χ3n) is 5.07. The van der Waals surface area contributed by atoms with E-state index < -0.39 is 29.6 Å². The van der Waals surface area contributed by atoms with Crippen LogP contribution >= 0.6 is 0 Å². The molecule has 0 aliphatic carbocycles. The fraction of sp³-hybridized carbons (Fsp3) is 0.350. The molecule has 0 spiro atoms. The topological polar surface area (TPSA) is 59.7 Å². The van der Waals surface area contributed by atoms with Gasteiger partial charge in [0.25, 0.3) is 0 Å². The molecule has 3 aromatic rings. The Morgan fingerprint density at radius 3 is 2.83 bits per heavy atom. The Kier molecular flexibility index (Phi) is 5.08. The first-order valence-electron chi connectivity index (χ1n) is 9.44. The molecule has 1 saturated heterocycles. The molecule has 1 aliphatic rings. The van der Waals surface area contributed by atoms with E-state index >= 15 is 0 Å². The molecule has 0 radical (unpaired) electrons. The van der Waals surface area contributed by atoms with Crippen molar-refractivity contribution in [3.05, 3.63) is 59.2 Å². The maximum absolute atomic E-state index is 13.8. The summed E-state index contributed by atoms with van der Waals surface area (Å²) in [7, 11) is 0. The number of hydrogen-bond donors (Lipinski definition) is 0. The van der Waals surface area contributed by atoms with Crippen LogP contribution in [0.25, 0.3) is 5.65 Å². The first-order valence-corrected chi connectivity index (χ1v) is 9.44. The van der Waals surface area contributed by atoms with Crippen LogP contribution in [0.15, 0.2) is 36.7 Å². The predicted molar refractivity (Wildman–Crippen MR) is 99.7 cm³/mol. The highest BCUT2D eigenvalue weighted by atomic mass is 19.4. The van der Waals surface area contributed by atoms with Gasteiger partial charge in [-0.15, -0.1) is 0 Å². The highest BCUT2D eigenvalue weighted by Gasteiger charge is 2.38. The van der Waals surface area contributed by atoms with E-state index in [4.69, 9.17) is 4.74 Å². The van der Waals surface area contributed by atoms with E-state index in [1.54, 1.807) is 24.1 Å².